The molecule has 0 aliphatic heterocycles. The highest BCUT2D eigenvalue weighted by Crippen LogP contribution is 1.89. The number of Topliss-reactive ketones (excluding diaryl/α,β-unsaturated/α-hetero) is 2. The third-order valence-corrected chi connectivity index (χ3v) is 0.829. The van der Waals surface area contributed by atoms with E-state index < -0.39 is 0 Å². The van der Waals surface area contributed by atoms with Crippen molar-refractivity contribution < 1.29 is 9.59 Å². The van der Waals surface area contributed by atoms with Gasteiger partial charge in [0.15, 0.2) is 0 Å². The molecule has 2 heteroatoms. The maximum Gasteiger partial charge on any atom is 0.130 e. The van der Waals surface area contributed by atoms with Gasteiger partial charge >= 0.3 is 0 Å². The zero-order valence-corrected chi connectivity index (χ0v) is 5.23. The monoisotopic (exact) mass is 116 g/mol. The van der Waals surface area contributed by atoms with Crippen LogP contribution in [0.2, 0.25) is 0 Å². The molecule has 0 aliphatic carbocycles. The van der Waals surface area contributed by atoms with E-state index in [-0.39, 0.29) is 11.6 Å². The third kappa shape index (κ3) is 5.34. The van der Waals surface area contributed by atoms with Gasteiger partial charge in [0.05, 0.1) is 0 Å². The second-order valence-corrected chi connectivity index (χ2v) is 1.90. The highest BCUT2D eigenvalue weighted by molar-refractivity contribution is 5.83. The summed E-state index contributed by atoms with van der Waals surface area (Å²) in [5, 5.41) is 0. The van der Waals surface area contributed by atoms with E-state index in [1.54, 1.807) is 0 Å². The fraction of sp³-hybridized carbons (Fsp3) is 0.667. The lowest BCUT2D eigenvalue weighted by atomic mass is 10.2. The van der Waals surface area contributed by atoms with E-state index in [4.69, 9.17) is 0 Å². The Hall–Kier alpha value is -0.660. The lowest BCUT2D eigenvalue weighted by Gasteiger charge is -1.86. The van der Waals surface area contributed by atoms with Gasteiger partial charge in [-0.25, -0.2) is 0 Å². The smallest absolute Gasteiger partial charge is 0.130 e. The Morgan fingerprint density at radius 2 is 1.88 bits per heavy atom. The van der Waals surface area contributed by atoms with Crippen LogP contribution in [0, 0.1) is 0 Å². The molecule has 0 fully saturated rings. The molecule has 0 aromatic carbocycles. The fourth-order valence-electron chi connectivity index (χ4n) is 0.352. The van der Waals surface area contributed by atoms with E-state index in [0.717, 1.165) is 0 Å². The van der Waals surface area contributed by atoms with Crippen molar-refractivity contribution in [1.82, 2.24) is 0 Å². The molecule has 0 N–H and O–H groups in total. The Kier molecular flexibility index (Phi) is 3.08. The molecular weight excluding hydrogens is 106 g/mol. The molecule has 0 aliphatic rings. The minimum Gasteiger partial charge on any atom is -0.300 e. The van der Waals surface area contributed by atoms with Gasteiger partial charge in [0.25, 0.3) is 0 Å². The van der Waals surface area contributed by atoms with Crippen LogP contribution in [0.4, 0.5) is 0 Å². The molecule has 0 saturated carbocycles. The van der Waals surface area contributed by atoms with Crippen molar-refractivity contribution >= 4 is 11.6 Å². The van der Waals surface area contributed by atoms with Gasteiger partial charge in [0.1, 0.15) is 11.6 Å². The standard InChI is InChI=1S/C6H10O2/c1-5(7)3-4-6(2)8/h3-4H2,1-2H3/i7+2. The van der Waals surface area contributed by atoms with Gasteiger partial charge in [-0.3, -0.25) is 0 Å². The van der Waals surface area contributed by atoms with Gasteiger partial charge in [0.2, 0.25) is 0 Å². The number of hydrogen-bond acceptors (Lipinski definition) is 2. The molecule has 0 amide bonds. The summed E-state index contributed by atoms with van der Waals surface area (Å²) < 4.78 is 0. The topological polar surface area (TPSA) is 34.1 Å². The Morgan fingerprint density at radius 1 is 1.38 bits per heavy atom. The predicted molar refractivity (Wildman–Crippen MR) is 30.6 cm³/mol. The van der Waals surface area contributed by atoms with Crippen LogP contribution < -0.4 is 0 Å². The number of ketones is 2. The lowest BCUT2D eigenvalue weighted by molar-refractivity contribution is -0.122. The maximum absolute atomic E-state index is 10.2. The summed E-state index contributed by atoms with van der Waals surface area (Å²) in [4.78, 5) is 20.4. The summed E-state index contributed by atoms with van der Waals surface area (Å²) in [7, 11) is 0. The van der Waals surface area contributed by atoms with E-state index in [1.807, 2.05) is 0 Å². The molecule has 0 spiro atoms. The summed E-state index contributed by atoms with van der Waals surface area (Å²) in [5.41, 5.74) is 0. The second kappa shape index (κ2) is 3.36. The molecule has 0 heterocycles. The van der Waals surface area contributed by atoms with Crippen molar-refractivity contribution in [2.24, 2.45) is 0 Å². The van der Waals surface area contributed by atoms with Gasteiger partial charge in [-0.1, -0.05) is 0 Å². The van der Waals surface area contributed by atoms with Crippen LogP contribution in [0.25, 0.3) is 0 Å². The normalized spacial score (nSPS) is 8.75. The van der Waals surface area contributed by atoms with Crippen LogP contribution in [-0.4, -0.2) is 11.6 Å². The molecule has 2 nitrogen and oxygen atoms in total. The van der Waals surface area contributed by atoms with Crippen LogP contribution in [0.15, 0.2) is 0 Å². The summed E-state index contributed by atoms with van der Waals surface area (Å²) in [5.74, 6) is 0.167. The molecular formula is C6H10O2. The van der Waals surface area contributed by atoms with Gasteiger partial charge in [-0.05, 0) is 13.8 Å². The quantitative estimate of drug-likeness (QED) is 0.514. The van der Waals surface area contributed by atoms with E-state index in [0.29, 0.717) is 12.8 Å². The Balaban J connectivity index is 3.18. The Bertz CT molecular complexity index is 91.1. The zero-order valence-electron chi connectivity index (χ0n) is 5.23. The third-order valence-electron chi connectivity index (χ3n) is 0.829. The van der Waals surface area contributed by atoms with Crippen LogP contribution >= 0.6 is 0 Å². The molecule has 0 aromatic heterocycles. The number of rotatable bonds is 3. The highest BCUT2D eigenvalue weighted by atomic mass is 18.1. The first-order valence-electron chi connectivity index (χ1n) is 2.62. The number of hydrogen-bond donors (Lipinski definition) is 0. The highest BCUT2D eigenvalue weighted by Gasteiger charge is 1.95. The van der Waals surface area contributed by atoms with Gasteiger partial charge in [-0.15, -0.1) is 0 Å². The van der Waals surface area contributed by atoms with Crippen molar-refractivity contribution in [3.05, 3.63) is 0 Å². The van der Waals surface area contributed by atoms with E-state index in [1.165, 1.54) is 13.8 Å². The van der Waals surface area contributed by atoms with Crippen molar-refractivity contribution in [1.29, 1.82) is 0 Å². The van der Waals surface area contributed by atoms with E-state index in [9.17, 15) is 9.59 Å². The maximum atomic E-state index is 10.2. The Morgan fingerprint density at radius 3 is 2.00 bits per heavy atom. The lowest BCUT2D eigenvalue weighted by Crippen LogP contribution is -1.95. The average Bonchev–Trinajstić information content (AvgIpc) is 1.61. The molecule has 0 bridgehead atoms. The predicted octanol–water partition coefficient (Wildman–Crippen LogP) is 0.945. The minimum absolute atomic E-state index is 0.0835. The van der Waals surface area contributed by atoms with Gasteiger partial charge in [-0.2, -0.15) is 0 Å². The number of carbonyl (C=O) groups is 2. The van der Waals surface area contributed by atoms with Crippen LogP contribution in [0.5, 0.6) is 0 Å². The van der Waals surface area contributed by atoms with Crippen LogP contribution in [-0.2, 0) is 9.59 Å². The summed E-state index contributed by atoms with van der Waals surface area (Å²) in [6, 6.07) is 0. The first-order chi connectivity index (χ1) is 3.63. The first-order valence-corrected chi connectivity index (χ1v) is 2.62. The SMILES string of the molecule is CC(=O)CCC(C)=[18O]. The number of carbonyl (C=O) groups excluding carboxylic acids is 2. The molecule has 8 heavy (non-hydrogen) atoms. The molecule has 0 aromatic rings. The molecule has 0 rings (SSSR count). The van der Waals surface area contributed by atoms with Gasteiger partial charge in [0, 0.05) is 12.8 Å². The van der Waals surface area contributed by atoms with Crippen molar-refractivity contribution in [2.45, 2.75) is 26.7 Å². The van der Waals surface area contributed by atoms with Crippen molar-refractivity contribution in [3.8, 4) is 0 Å². The molecule has 0 atom stereocenters. The summed E-state index contributed by atoms with van der Waals surface area (Å²) in [6.07, 6.45) is 0.796. The Labute approximate surface area is 48.9 Å². The van der Waals surface area contributed by atoms with Crippen molar-refractivity contribution in [2.75, 3.05) is 0 Å². The molecule has 0 radical (unpaired) electrons. The van der Waals surface area contributed by atoms with Crippen molar-refractivity contribution in [3.63, 3.8) is 0 Å². The molecule has 46 valence electrons. The van der Waals surface area contributed by atoms with Crippen LogP contribution in [0.1, 0.15) is 26.7 Å². The summed E-state index contributed by atoms with van der Waals surface area (Å²) >= 11 is 0. The van der Waals surface area contributed by atoms with Gasteiger partial charge < -0.3 is 9.59 Å². The fourth-order valence-corrected chi connectivity index (χ4v) is 0.352. The largest absolute Gasteiger partial charge is 0.300 e. The van der Waals surface area contributed by atoms with E-state index >= 15 is 0 Å². The van der Waals surface area contributed by atoms with E-state index in [2.05, 4.69) is 0 Å². The molecule has 0 saturated heterocycles. The molecule has 0 unspecified atom stereocenters. The van der Waals surface area contributed by atoms with Crippen LogP contribution in [0.3, 0.4) is 0 Å². The first kappa shape index (κ1) is 7.34. The zero-order chi connectivity index (χ0) is 6.57. The second-order valence-electron chi connectivity index (χ2n) is 1.90. The summed E-state index contributed by atoms with van der Waals surface area (Å²) in [6.45, 7) is 2.98. The minimum atomic E-state index is 0.0835. The average molecular weight is 116 g/mol.